The molecule has 130 valence electrons. The topological polar surface area (TPSA) is 63.7 Å². The number of hydrogen-bond donors (Lipinski definition) is 0. The molecule has 0 N–H and O–H groups in total. The lowest BCUT2D eigenvalue weighted by atomic mass is 9.67. The van der Waals surface area contributed by atoms with Gasteiger partial charge in [-0.25, -0.2) is 4.90 Å². The first-order valence-corrected chi connectivity index (χ1v) is 7.75. The number of carbonyl (C=O) groups excluding carboxylic acids is 3. The molecule has 1 heterocycles. The summed E-state index contributed by atoms with van der Waals surface area (Å²) in [6.45, 7) is 0. The third kappa shape index (κ3) is 2.43. The van der Waals surface area contributed by atoms with Crippen molar-refractivity contribution in [3.05, 3.63) is 35.4 Å². The molecule has 0 spiro atoms. The minimum absolute atomic E-state index is 0.00565. The number of amides is 2. The van der Waals surface area contributed by atoms with Gasteiger partial charge in [0.05, 0.1) is 11.6 Å². The van der Waals surface area contributed by atoms with E-state index in [-0.39, 0.29) is 17.9 Å². The van der Waals surface area contributed by atoms with Gasteiger partial charge in [0, 0.05) is 24.0 Å². The molecule has 1 aromatic rings. The highest BCUT2D eigenvalue weighted by Crippen LogP contribution is 2.48. The van der Waals surface area contributed by atoms with Crippen LogP contribution in [-0.2, 0) is 14.4 Å². The van der Waals surface area contributed by atoms with Gasteiger partial charge in [-0.05, 0) is 25.0 Å². The number of ether oxygens (including phenoxy) is 1. The standard InChI is InChI=1S/C17H12F3NO4/c18-17(19,20)25-10-3-1-2-9(7-10)21-15(23)13-8-4-5-11(12(22)6-8)14(13)16(21)24/h1-3,7,11,14H,4-6H2. The fourth-order valence-corrected chi connectivity index (χ4v) is 3.93. The lowest BCUT2D eigenvalue weighted by Gasteiger charge is -2.33. The molecule has 5 nitrogen and oxygen atoms in total. The van der Waals surface area contributed by atoms with Crippen LogP contribution in [0.3, 0.4) is 0 Å². The third-order valence-electron chi connectivity index (χ3n) is 4.88. The maximum atomic E-state index is 12.7. The third-order valence-corrected chi connectivity index (χ3v) is 4.88. The lowest BCUT2D eigenvalue weighted by Crippen LogP contribution is -2.38. The Kier molecular flexibility index (Phi) is 3.28. The number of imide groups is 1. The van der Waals surface area contributed by atoms with E-state index in [1.54, 1.807) is 0 Å². The van der Waals surface area contributed by atoms with Gasteiger partial charge in [0.15, 0.2) is 0 Å². The largest absolute Gasteiger partial charge is 0.573 e. The predicted octanol–water partition coefficient (Wildman–Crippen LogP) is 2.75. The minimum Gasteiger partial charge on any atom is -0.406 e. The Hall–Kier alpha value is -2.64. The molecular formula is C17H12F3NO4. The van der Waals surface area contributed by atoms with Crippen LogP contribution in [-0.4, -0.2) is 24.0 Å². The second-order valence-corrected chi connectivity index (χ2v) is 6.31. The predicted molar refractivity (Wildman–Crippen MR) is 78.5 cm³/mol. The SMILES string of the molecule is O=C1CC2=C3C(=O)N(c4cccc(OC(F)(F)F)c4)C(=O)C3C1CC2. The van der Waals surface area contributed by atoms with Crippen molar-refractivity contribution in [2.75, 3.05) is 4.90 Å². The average Bonchev–Trinajstić information content (AvgIpc) is 2.79. The molecule has 1 aromatic carbocycles. The van der Waals surface area contributed by atoms with Gasteiger partial charge in [0.25, 0.3) is 5.91 Å². The van der Waals surface area contributed by atoms with Crippen LogP contribution in [0.5, 0.6) is 5.75 Å². The van der Waals surface area contributed by atoms with Crippen LogP contribution in [0, 0.1) is 11.8 Å². The Morgan fingerprint density at radius 1 is 1.16 bits per heavy atom. The van der Waals surface area contributed by atoms with E-state index in [0.29, 0.717) is 24.0 Å². The molecule has 2 bridgehead atoms. The molecule has 1 saturated heterocycles. The highest BCUT2D eigenvalue weighted by molar-refractivity contribution is 6.31. The molecule has 8 heteroatoms. The fourth-order valence-electron chi connectivity index (χ4n) is 3.93. The van der Waals surface area contributed by atoms with Gasteiger partial charge in [0.2, 0.25) is 5.91 Å². The van der Waals surface area contributed by atoms with Crippen molar-refractivity contribution in [3.8, 4) is 5.75 Å². The summed E-state index contributed by atoms with van der Waals surface area (Å²) >= 11 is 0. The molecule has 1 aliphatic heterocycles. The molecule has 4 aliphatic rings. The van der Waals surface area contributed by atoms with Crippen LogP contribution in [0.1, 0.15) is 19.3 Å². The number of halogens is 3. The second kappa shape index (κ2) is 5.18. The number of nitrogens with zero attached hydrogens (tertiary/aromatic N) is 1. The van der Waals surface area contributed by atoms with Gasteiger partial charge < -0.3 is 4.74 Å². The average molecular weight is 351 g/mol. The number of allylic oxidation sites excluding steroid dienone is 1. The fraction of sp³-hybridized carbons (Fsp3) is 0.353. The monoisotopic (exact) mass is 351 g/mol. The summed E-state index contributed by atoms with van der Waals surface area (Å²) < 4.78 is 41.0. The number of hydrogen-bond acceptors (Lipinski definition) is 4. The van der Waals surface area contributed by atoms with E-state index in [0.717, 1.165) is 17.0 Å². The van der Waals surface area contributed by atoms with E-state index in [4.69, 9.17) is 0 Å². The smallest absolute Gasteiger partial charge is 0.406 e. The number of rotatable bonds is 2. The number of carbonyl (C=O) groups is 3. The zero-order valence-corrected chi connectivity index (χ0v) is 12.8. The van der Waals surface area contributed by atoms with E-state index in [1.165, 1.54) is 12.1 Å². The van der Waals surface area contributed by atoms with Gasteiger partial charge in [-0.2, -0.15) is 0 Å². The van der Waals surface area contributed by atoms with Crippen molar-refractivity contribution in [1.82, 2.24) is 0 Å². The van der Waals surface area contributed by atoms with E-state index in [2.05, 4.69) is 4.74 Å². The summed E-state index contributed by atoms with van der Waals surface area (Å²) in [5, 5.41) is 0. The van der Waals surface area contributed by atoms with Gasteiger partial charge >= 0.3 is 6.36 Å². The Balaban J connectivity index is 1.73. The Labute approximate surface area is 140 Å². The molecule has 2 fully saturated rings. The van der Waals surface area contributed by atoms with Crippen LogP contribution in [0.15, 0.2) is 35.4 Å². The Morgan fingerprint density at radius 3 is 2.60 bits per heavy atom. The number of alkyl halides is 3. The zero-order chi connectivity index (χ0) is 17.9. The zero-order valence-electron chi connectivity index (χ0n) is 12.8. The second-order valence-electron chi connectivity index (χ2n) is 6.31. The highest BCUT2D eigenvalue weighted by atomic mass is 19.4. The maximum absolute atomic E-state index is 12.7. The lowest BCUT2D eigenvalue weighted by molar-refractivity contribution is -0.274. The first-order chi connectivity index (χ1) is 11.8. The van der Waals surface area contributed by atoms with Gasteiger partial charge in [-0.15, -0.1) is 13.2 Å². The molecule has 1 saturated carbocycles. The van der Waals surface area contributed by atoms with Crippen molar-refractivity contribution in [2.24, 2.45) is 11.8 Å². The number of ketones is 1. The summed E-state index contributed by atoms with van der Waals surface area (Å²) in [4.78, 5) is 38.4. The van der Waals surface area contributed by atoms with Crippen LogP contribution in [0.4, 0.5) is 18.9 Å². The molecular weight excluding hydrogens is 339 g/mol. The van der Waals surface area contributed by atoms with Crippen molar-refractivity contribution in [3.63, 3.8) is 0 Å². The first-order valence-electron chi connectivity index (χ1n) is 7.75. The minimum atomic E-state index is -4.87. The first kappa shape index (κ1) is 15.9. The van der Waals surface area contributed by atoms with Crippen LogP contribution < -0.4 is 9.64 Å². The van der Waals surface area contributed by atoms with Gasteiger partial charge in [0.1, 0.15) is 11.5 Å². The molecule has 2 atom stereocenters. The van der Waals surface area contributed by atoms with E-state index in [1.807, 2.05) is 0 Å². The van der Waals surface area contributed by atoms with Crippen LogP contribution in [0.25, 0.3) is 0 Å². The van der Waals surface area contributed by atoms with Crippen molar-refractivity contribution in [2.45, 2.75) is 25.6 Å². The molecule has 25 heavy (non-hydrogen) atoms. The summed E-state index contributed by atoms with van der Waals surface area (Å²) in [5.74, 6) is -2.98. The van der Waals surface area contributed by atoms with Crippen LogP contribution >= 0.6 is 0 Å². The van der Waals surface area contributed by atoms with E-state index in [9.17, 15) is 27.6 Å². The molecule has 0 aromatic heterocycles. The summed E-state index contributed by atoms with van der Waals surface area (Å²) in [6.07, 6.45) is -3.55. The maximum Gasteiger partial charge on any atom is 0.573 e. The Bertz CT molecular complexity index is 843. The number of benzene rings is 1. The van der Waals surface area contributed by atoms with Crippen LogP contribution in [0.2, 0.25) is 0 Å². The van der Waals surface area contributed by atoms with Crippen molar-refractivity contribution < 1.29 is 32.3 Å². The molecule has 3 aliphatic carbocycles. The van der Waals surface area contributed by atoms with Crippen molar-refractivity contribution >= 4 is 23.3 Å². The van der Waals surface area contributed by atoms with Gasteiger partial charge in [-0.1, -0.05) is 11.6 Å². The highest BCUT2D eigenvalue weighted by Gasteiger charge is 2.55. The Morgan fingerprint density at radius 2 is 1.92 bits per heavy atom. The molecule has 2 amide bonds. The number of Topliss-reactive ketones (excluding diaryl/α,β-unsaturated/α-hetero) is 1. The number of anilines is 1. The van der Waals surface area contributed by atoms with E-state index >= 15 is 0 Å². The van der Waals surface area contributed by atoms with E-state index < -0.39 is 35.8 Å². The molecule has 5 rings (SSSR count). The normalized spacial score (nSPS) is 25.7. The summed E-state index contributed by atoms with van der Waals surface area (Å²) in [5.41, 5.74) is 1.04. The van der Waals surface area contributed by atoms with Crippen molar-refractivity contribution in [1.29, 1.82) is 0 Å². The van der Waals surface area contributed by atoms with Gasteiger partial charge in [-0.3, -0.25) is 14.4 Å². The molecule has 2 unspecified atom stereocenters. The quantitative estimate of drug-likeness (QED) is 0.769. The molecule has 0 radical (unpaired) electrons. The summed E-state index contributed by atoms with van der Waals surface area (Å²) in [7, 11) is 0. The summed E-state index contributed by atoms with van der Waals surface area (Å²) in [6, 6.07) is 4.72. The number of fused-ring (bicyclic) bond motifs is 2.